The molecule has 27 heavy (non-hydrogen) atoms. The molecule has 0 aliphatic heterocycles. The van der Waals surface area contributed by atoms with Crippen molar-refractivity contribution in [3.8, 4) is 23.0 Å². The molecule has 1 N–H and O–H groups in total. The molecule has 0 aliphatic rings. The van der Waals surface area contributed by atoms with Crippen LogP contribution >= 0.6 is 0 Å². The fraction of sp³-hybridized carbons (Fsp3) is 0.136. The van der Waals surface area contributed by atoms with Gasteiger partial charge in [-0.2, -0.15) is 0 Å². The second-order valence-corrected chi connectivity index (χ2v) is 5.84. The number of anilines is 1. The Hall–Kier alpha value is -3.47. The lowest BCUT2D eigenvalue weighted by Crippen LogP contribution is -2.30. The van der Waals surface area contributed by atoms with Crippen molar-refractivity contribution in [2.45, 2.75) is 13.0 Å². The molecule has 0 bridgehead atoms. The molecule has 5 heteroatoms. The van der Waals surface area contributed by atoms with Gasteiger partial charge in [0.2, 0.25) is 0 Å². The van der Waals surface area contributed by atoms with E-state index in [1.54, 1.807) is 38.3 Å². The Balaban J connectivity index is 1.68. The molecule has 0 aliphatic carbocycles. The quantitative estimate of drug-likeness (QED) is 0.649. The lowest BCUT2D eigenvalue weighted by Gasteiger charge is -2.17. The van der Waals surface area contributed by atoms with Crippen LogP contribution in [0.15, 0.2) is 78.9 Å². The second-order valence-electron chi connectivity index (χ2n) is 5.84. The van der Waals surface area contributed by atoms with E-state index < -0.39 is 6.10 Å². The van der Waals surface area contributed by atoms with Crippen LogP contribution in [0.5, 0.6) is 23.0 Å². The van der Waals surface area contributed by atoms with Crippen LogP contribution in [0, 0.1) is 0 Å². The van der Waals surface area contributed by atoms with Crippen molar-refractivity contribution in [3.05, 3.63) is 78.9 Å². The topological polar surface area (TPSA) is 56.8 Å². The lowest BCUT2D eigenvalue weighted by atomic mass is 10.2. The Morgan fingerprint density at radius 1 is 0.852 bits per heavy atom. The summed E-state index contributed by atoms with van der Waals surface area (Å²) < 4.78 is 16.8. The summed E-state index contributed by atoms with van der Waals surface area (Å²) in [6, 6.07) is 23.8. The number of methoxy groups -OCH3 is 1. The highest BCUT2D eigenvalue weighted by atomic mass is 16.5. The number of ether oxygens (including phenoxy) is 3. The summed E-state index contributed by atoms with van der Waals surface area (Å²) in [7, 11) is 1.58. The van der Waals surface area contributed by atoms with E-state index in [1.165, 1.54) is 0 Å². The van der Waals surface area contributed by atoms with Crippen molar-refractivity contribution in [1.29, 1.82) is 0 Å². The number of hydrogen-bond donors (Lipinski definition) is 1. The first-order valence-corrected chi connectivity index (χ1v) is 8.59. The number of nitrogens with one attached hydrogen (secondary N) is 1. The predicted molar refractivity (Wildman–Crippen MR) is 105 cm³/mol. The molecule has 0 saturated carbocycles. The smallest absolute Gasteiger partial charge is 0.265 e. The number of hydrogen-bond acceptors (Lipinski definition) is 4. The van der Waals surface area contributed by atoms with Crippen LogP contribution in [0.3, 0.4) is 0 Å². The van der Waals surface area contributed by atoms with Crippen LogP contribution in [0.25, 0.3) is 0 Å². The fourth-order valence-corrected chi connectivity index (χ4v) is 2.44. The maximum absolute atomic E-state index is 12.6. The van der Waals surface area contributed by atoms with Gasteiger partial charge in [0.15, 0.2) is 11.9 Å². The van der Waals surface area contributed by atoms with Crippen LogP contribution in [0.2, 0.25) is 0 Å². The number of rotatable bonds is 7. The summed E-state index contributed by atoms with van der Waals surface area (Å²) in [6.07, 6.45) is -0.693. The standard InChI is InChI=1S/C22H21NO4/c1-16(26-19-12-8-11-18(15-19)25-2)22(24)23-20-13-6-7-14-21(20)27-17-9-4-3-5-10-17/h3-16H,1-2H3,(H,23,24). The molecule has 0 radical (unpaired) electrons. The van der Waals surface area contributed by atoms with Crippen LogP contribution in [0.4, 0.5) is 5.69 Å². The molecule has 0 fully saturated rings. The van der Waals surface area contributed by atoms with Gasteiger partial charge in [-0.15, -0.1) is 0 Å². The van der Waals surface area contributed by atoms with Crippen molar-refractivity contribution >= 4 is 11.6 Å². The molecule has 1 atom stereocenters. The van der Waals surface area contributed by atoms with E-state index in [0.717, 1.165) is 0 Å². The van der Waals surface area contributed by atoms with E-state index in [9.17, 15) is 4.79 Å². The van der Waals surface area contributed by atoms with E-state index >= 15 is 0 Å². The van der Waals surface area contributed by atoms with Gasteiger partial charge >= 0.3 is 0 Å². The minimum atomic E-state index is -0.693. The van der Waals surface area contributed by atoms with Gasteiger partial charge in [-0.25, -0.2) is 0 Å². The third-order valence-electron chi connectivity index (χ3n) is 3.84. The second kappa shape index (κ2) is 8.76. The van der Waals surface area contributed by atoms with Gasteiger partial charge in [0.05, 0.1) is 12.8 Å². The first-order valence-electron chi connectivity index (χ1n) is 8.59. The van der Waals surface area contributed by atoms with Gasteiger partial charge in [-0.1, -0.05) is 36.4 Å². The van der Waals surface area contributed by atoms with Gasteiger partial charge in [0, 0.05) is 6.07 Å². The van der Waals surface area contributed by atoms with Gasteiger partial charge in [-0.05, 0) is 43.3 Å². The maximum atomic E-state index is 12.6. The highest BCUT2D eigenvalue weighted by molar-refractivity contribution is 5.95. The minimum absolute atomic E-state index is 0.276. The molecule has 5 nitrogen and oxygen atoms in total. The highest BCUT2D eigenvalue weighted by Crippen LogP contribution is 2.29. The summed E-state index contributed by atoms with van der Waals surface area (Å²) in [4.78, 5) is 12.6. The molecular weight excluding hydrogens is 342 g/mol. The van der Waals surface area contributed by atoms with Crippen molar-refractivity contribution in [1.82, 2.24) is 0 Å². The van der Waals surface area contributed by atoms with Crippen LogP contribution in [-0.4, -0.2) is 19.1 Å². The fourth-order valence-electron chi connectivity index (χ4n) is 2.44. The molecule has 0 heterocycles. The summed E-state index contributed by atoms with van der Waals surface area (Å²) in [5.74, 6) is 2.21. The van der Waals surface area contributed by atoms with Crippen molar-refractivity contribution in [2.75, 3.05) is 12.4 Å². The number of carbonyl (C=O) groups excluding carboxylic acids is 1. The zero-order valence-electron chi connectivity index (χ0n) is 15.2. The Morgan fingerprint density at radius 3 is 2.30 bits per heavy atom. The Morgan fingerprint density at radius 2 is 1.52 bits per heavy atom. The molecule has 3 aromatic rings. The summed E-state index contributed by atoms with van der Waals surface area (Å²) >= 11 is 0. The van der Waals surface area contributed by atoms with E-state index in [2.05, 4.69) is 5.32 Å². The van der Waals surface area contributed by atoms with Crippen LogP contribution < -0.4 is 19.5 Å². The number of para-hydroxylation sites is 3. The Labute approximate surface area is 158 Å². The number of benzene rings is 3. The SMILES string of the molecule is COc1cccc(OC(C)C(=O)Nc2ccccc2Oc2ccccc2)c1. The number of carbonyl (C=O) groups is 1. The summed E-state index contributed by atoms with van der Waals surface area (Å²) in [5, 5.41) is 2.86. The average molecular weight is 363 g/mol. The van der Waals surface area contributed by atoms with Gasteiger partial charge < -0.3 is 19.5 Å². The summed E-state index contributed by atoms with van der Waals surface area (Å²) in [6.45, 7) is 1.69. The third-order valence-corrected chi connectivity index (χ3v) is 3.84. The predicted octanol–water partition coefficient (Wildman–Crippen LogP) is 4.89. The largest absolute Gasteiger partial charge is 0.497 e. The summed E-state index contributed by atoms with van der Waals surface area (Å²) in [5.41, 5.74) is 0.576. The minimum Gasteiger partial charge on any atom is -0.497 e. The van der Waals surface area contributed by atoms with Crippen molar-refractivity contribution in [3.63, 3.8) is 0 Å². The average Bonchev–Trinajstić information content (AvgIpc) is 2.70. The Bertz CT molecular complexity index is 896. The third kappa shape index (κ3) is 5.01. The van der Waals surface area contributed by atoms with E-state index in [0.29, 0.717) is 28.7 Å². The molecule has 0 saturated heterocycles. The maximum Gasteiger partial charge on any atom is 0.265 e. The van der Waals surface area contributed by atoms with Crippen molar-refractivity contribution in [2.24, 2.45) is 0 Å². The number of amides is 1. The van der Waals surface area contributed by atoms with E-state index in [-0.39, 0.29) is 5.91 Å². The van der Waals surface area contributed by atoms with Crippen LogP contribution in [-0.2, 0) is 4.79 Å². The molecule has 1 amide bonds. The molecule has 0 aromatic heterocycles. The zero-order valence-corrected chi connectivity index (χ0v) is 15.2. The molecule has 3 rings (SSSR count). The normalized spacial score (nSPS) is 11.3. The molecule has 0 spiro atoms. The van der Waals surface area contributed by atoms with Crippen LogP contribution in [0.1, 0.15) is 6.92 Å². The Kier molecular flexibility index (Phi) is 5.94. The van der Waals surface area contributed by atoms with Gasteiger partial charge in [-0.3, -0.25) is 4.79 Å². The highest BCUT2D eigenvalue weighted by Gasteiger charge is 2.17. The lowest BCUT2D eigenvalue weighted by molar-refractivity contribution is -0.122. The van der Waals surface area contributed by atoms with Crippen molar-refractivity contribution < 1.29 is 19.0 Å². The monoisotopic (exact) mass is 363 g/mol. The molecule has 3 aromatic carbocycles. The van der Waals surface area contributed by atoms with Gasteiger partial charge in [0.1, 0.15) is 17.2 Å². The first-order chi connectivity index (χ1) is 13.2. The molecule has 138 valence electrons. The first kappa shape index (κ1) is 18.3. The molecular formula is C22H21NO4. The van der Waals surface area contributed by atoms with Gasteiger partial charge in [0.25, 0.3) is 5.91 Å². The molecule has 1 unspecified atom stereocenters. The van der Waals surface area contributed by atoms with E-state index in [1.807, 2.05) is 54.6 Å². The zero-order chi connectivity index (χ0) is 19.1. The van der Waals surface area contributed by atoms with E-state index in [4.69, 9.17) is 14.2 Å².